The van der Waals surface area contributed by atoms with Gasteiger partial charge in [0.2, 0.25) is 0 Å². The van der Waals surface area contributed by atoms with Gasteiger partial charge in [-0.05, 0) is 138 Å². The monoisotopic (exact) mass is 742 g/mol. The minimum Gasteiger partial charge on any atom is -0.0619 e. The molecule has 59 heavy (non-hydrogen) atoms. The molecular weight excluding hydrogens is 709 g/mol. The Morgan fingerprint density at radius 2 is 0.814 bits per heavy atom. The Kier molecular flexibility index (Phi) is 6.05. The summed E-state index contributed by atoms with van der Waals surface area (Å²) in [7, 11) is 0. The van der Waals surface area contributed by atoms with Crippen LogP contribution in [0.4, 0.5) is 0 Å². The van der Waals surface area contributed by atoms with Crippen LogP contribution in [0.1, 0.15) is 22.3 Å². The molecule has 0 saturated carbocycles. The van der Waals surface area contributed by atoms with E-state index in [2.05, 4.69) is 206 Å². The highest BCUT2D eigenvalue weighted by atomic mass is 14.5. The Labute approximate surface area is 342 Å². The SMILES string of the molecule is c1ccc2c(c1)-c1cccc3c(-c4ccc(-c5ccc6c7c(c8ccccc8c6c5)-c5c(ccc6ccccc56)C75c6ccccc6-c6ccccc65)cc4)ccc-2c13. The topological polar surface area (TPSA) is 0 Å². The van der Waals surface area contributed by atoms with Crippen molar-refractivity contribution in [3.8, 4) is 66.8 Å². The second-order valence-electron chi connectivity index (χ2n) is 16.6. The molecule has 0 heterocycles. The smallest absolute Gasteiger partial charge is 0.0619 e. The van der Waals surface area contributed by atoms with Crippen molar-refractivity contribution in [2.45, 2.75) is 5.41 Å². The molecule has 0 radical (unpaired) electrons. The van der Waals surface area contributed by atoms with Crippen molar-refractivity contribution in [1.82, 2.24) is 0 Å². The van der Waals surface area contributed by atoms with Crippen molar-refractivity contribution in [1.29, 1.82) is 0 Å². The lowest BCUT2D eigenvalue weighted by Crippen LogP contribution is -2.26. The zero-order valence-corrected chi connectivity index (χ0v) is 32.1. The molecule has 11 aromatic rings. The molecule has 0 bridgehead atoms. The van der Waals surface area contributed by atoms with Gasteiger partial charge >= 0.3 is 0 Å². The van der Waals surface area contributed by atoms with Gasteiger partial charge in [-0.25, -0.2) is 0 Å². The van der Waals surface area contributed by atoms with Crippen LogP contribution in [0.2, 0.25) is 0 Å². The summed E-state index contributed by atoms with van der Waals surface area (Å²) in [6, 6.07) is 78.0. The molecule has 0 nitrogen and oxygen atoms in total. The standard InChI is InChI=1S/C59H34/c1-2-13-40-36(12-1)29-33-54-56(40)57-48-19-6-5-16-43(48)51-34-38(28-30-50(51)58(57)59(54)52-22-9-7-17-44(52)45-18-8-10-23-53(45)59)35-24-26-37(27-25-35)39-31-32-49-42-15-4-3-14-41(42)47-21-11-20-46(39)55(47)49/h1-34H. The predicted octanol–water partition coefficient (Wildman–Crippen LogP) is 15.6. The van der Waals surface area contributed by atoms with Gasteiger partial charge in [0.1, 0.15) is 0 Å². The molecular formula is C59H34. The zero-order valence-electron chi connectivity index (χ0n) is 32.1. The molecule has 0 N–H and O–H groups in total. The van der Waals surface area contributed by atoms with E-state index < -0.39 is 5.41 Å². The van der Waals surface area contributed by atoms with Crippen LogP contribution in [0.5, 0.6) is 0 Å². The molecule has 3 aliphatic rings. The first-order valence-corrected chi connectivity index (χ1v) is 20.8. The largest absolute Gasteiger partial charge is 0.0732 e. The molecule has 0 aromatic heterocycles. The van der Waals surface area contributed by atoms with Gasteiger partial charge in [-0.2, -0.15) is 0 Å². The summed E-state index contributed by atoms with van der Waals surface area (Å²) in [6.07, 6.45) is 0. The van der Waals surface area contributed by atoms with Gasteiger partial charge in [-0.1, -0.05) is 200 Å². The fourth-order valence-corrected chi connectivity index (χ4v) is 11.7. The Balaban J connectivity index is 1.00. The van der Waals surface area contributed by atoms with E-state index in [1.807, 2.05) is 0 Å². The number of fused-ring (bicyclic) bond motifs is 20. The highest BCUT2D eigenvalue weighted by Gasteiger charge is 2.53. The molecule has 270 valence electrons. The van der Waals surface area contributed by atoms with Gasteiger partial charge in [-0.3, -0.25) is 0 Å². The summed E-state index contributed by atoms with van der Waals surface area (Å²) in [6.45, 7) is 0. The number of rotatable bonds is 2. The molecule has 0 amide bonds. The van der Waals surface area contributed by atoms with Crippen LogP contribution < -0.4 is 0 Å². The lowest BCUT2D eigenvalue weighted by atomic mass is 9.69. The molecule has 1 spiro atoms. The second-order valence-corrected chi connectivity index (χ2v) is 16.6. The van der Waals surface area contributed by atoms with Gasteiger partial charge < -0.3 is 0 Å². The molecule has 0 unspecified atom stereocenters. The summed E-state index contributed by atoms with van der Waals surface area (Å²) < 4.78 is 0. The highest BCUT2D eigenvalue weighted by molar-refractivity contribution is 6.23. The molecule has 0 fully saturated rings. The van der Waals surface area contributed by atoms with Crippen molar-refractivity contribution in [3.63, 3.8) is 0 Å². The van der Waals surface area contributed by atoms with Crippen LogP contribution in [0.25, 0.3) is 110 Å². The Hall–Kier alpha value is -7.54. The van der Waals surface area contributed by atoms with E-state index in [1.54, 1.807) is 0 Å². The number of hydrogen-bond acceptors (Lipinski definition) is 0. The minimum absolute atomic E-state index is 0.450. The van der Waals surface area contributed by atoms with Crippen LogP contribution in [-0.2, 0) is 5.41 Å². The van der Waals surface area contributed by atoms with Crippen LogP contribution in [0.15, 0.2) is 206 Å². The summed E-state index contributed by atoms with van der Waals surface area (Å²) in [4.78, 5) is 0. The fraction of sp³-hybridized carbons (Fsp3) is 0.0169. The molecule has 0 saturated heterocycles. The van der Waals surface area contributed by atoms with E-state index >= 15 is 0 Å². The third kappa shape index (κ3) is 3.89. The molecule has 0 atom stereocenters. The first-order valence-electron chi connectivity index (χ1n) is 20.8. The fourth-order valence-electron chi connectivity index (χ4n) is 11.7. The lowest BCUT2D eigenvalue weighted by Gasteiger charge is -2.32. The zero-order chi connectivity index (χ0) is 38.4. The Morgan fingerprint density at radius 3 is 1.58 bits per heavy atom. The maximum Gasteiger partial charge on any atom is 0.0732 e. The highest BCUT2D eigenvalue weighted by Crippen LogP contribution is 2.66. The number of hydrogen-bond donors (Lipinski definition) is 0. The molecule has 3 aliphatic carbocycles. The van der Waals surface area contributed by atoms with Crippen molar-refractivity contribution >= 4 is 43.1 Å². The summed E-state index contributed by atoms with van der Waals surface area (Å²) in [5, 5.41) is 10.5. The minimum atomic E-state index is -0.450. The quantitative estimate of drug-likeness (QED) is 0.155. The first kappa shape index (κ1) is 31.5. The summed E-state index contributed by atoms with van der Waals surface area (Å²) in [5.74, 6) is 0. The van der Waals surface area contributed by atoms with E-state index in [4.69, 9.17) is 0 Å². The number of benzene rings is 11. The van der Waals surface area contributed by atoms with Crippen LogP contribution >= 0.6 is 0 Å². The van der Waals surface area contributed by atoms with Gasteiger partial charge in [0, 0.05) is 0 Å². The van der Waals surface area contributed by atoms with Gasteiger partial charge in [0.05, 0.1) is 5.41 Å². The van der Waals surface area contributed by atoms with E-state index in [0.29, 0.717) is 0 Å². The maximum atomic E-state index is 2.46. The van der Waals surface area contributed by atoms with Crippen molar-refractivity contribution in [3.05, 3.63) is 229 Å². The first-order chi connectivity index (χ1) is 29.3. The van der Waals surface area contributed by atoms with E-state index in [-0.39, 0.29) is 0 Å². The lowest BCUT2D eigenvalue weighted by molar-refractivity contribution is 0.802. The average molecular weight is 743 g/mol. The van der Waals surface area contributed by atoms with Crippen LogP contribution in [0.3, 0.4) is 0 Å². The van der Waals surface area contributed by atoms with Gasteiger partial charge in [-0.15, -0.1) is 0 Å². The van der Waals surface area contributed by atoms with Gasteiger partial charge in [0.25, 0.3) is 0 Å². The van der Waals surface area contributed by atoms with Crippen LogP contribution in [-0.4, -0.2) is 0 Å². The van der Waals surface area contributed by atoms with E-state index in [1.165, 1.54) is 132 Å². The molecule has 11 aromatic carbocycles. The maximum absolute atomic E-state index is 2.46. The van der Waals surface area contributed by atoms with E-state index in [9.17, 15) is 0 Å². The third-order valence-corrected chi connectivity index (χ3v) is 14.0. The van der Waals surface area contributed by atoms with Crippen molar-refractivity contribution < 1.29 is 0 Å². The molecule has 14 rings (SSSR count). The Bertz CT molecular complexity index is 3580. The van der Waals surface area contributed by atoms with Crippen LogP contribution in [0, 0.1) is 0 Å². The van der Waals surface area contributed by atoms with E-state index in [0.717, 1.165) is 0 Å². The third-order valence-electron chi connectivity index (χ3n) is 14.0. The van der Waals surface area contributed by atoms with Crippen molar-refractivity contribution in [2.24, 2.45) is 0 Å². The second kappa shape index (κ2) is 11.3. The predicted molar refractivity (Wildman–Crippen MR) is 248 cm³/mol. The Morgan fingerprint density at radius 1 is 0.254 bits per heavy atom. The molecule has 0 aliphatic heterocycles. The average Bonchev–Trinajstić information content (AvgIpc) is 3.92. The normalized spacial score (nSPS) is 13.6. The van der Waals surface area contributed by atoms with Crippen molar-refractivity contribution in [2.75, 3.05) is 0 Å². The molecule has 0 heteroatoms. The summed E-state index contributed by atoms with van der Waals surface area (Å²) >= 11 is 0. The summed E-state index contributed by atoms with van der Waals surface area (Å²) in [5.41, 5.74) is 20.8. The van der Waals surface area contributed by atoms with Gasteiger partial charge in [0.15, 0.2) is 0 Å².